The highest BCUT2D eigenvalue weighted by Crippen LogP contribution is 2.49. The standard InChI is InChI=1S/C27H24F2N6S/c1-3-36-21-12-17(16-4-6-18(7-5-16)26(15-30)10-11-26)14-31-23(21)25-32-20-13-22(27(28,29)19-8-9-19)33-34-24(20)35(25)2/h4-7,12-14,19H,3,8-11H2,1-2H3. The molecule has 6 rings (SSSR count). The highest BCUT2D eigenvalue weighted by molar-refractivity contribution is 7.99. The summed E-state index contributed by atoms with van der Waals surface area (Å²) in [5.74, 6) is -2.24. The van der Waals surface area contributed by atoms with Gasteiger partial charge in [0.1, 0.15) is 16.9 Å². The number of thioether (sulfide) groups is 1. The zero-order valence-corrected chi connectivity index (χ0v) is 20.8. The van der Waals surface area contributed by atoms with Crippen LogP contribution in [0, 0.1) is 17.2 Å². The molecule has 2 saturated carbocycles. The molecule has 9 heteroatoms. The van der Waals surface area contributed by atoms with E-state index in [1.807, 2.05) is 24.3 Å². The molecule has 0 saturated heterocycles. The van der Waals surface area contributed by atoms with Crippen LogP contribution in [0.2, 0.25) is 0 Å². The van der Waals surface area contributed by atoms with Crippen LogP contribution in [0.4, 0.5) is 8.78 Å². The van der Waals surface area contributed by atoms with E-state index in [4.69, 9.17) is 4.98 Å². The third-order valence-corrected chi connectivity index (χ3v) is 8.06. The molecule has 0 spiro atoms. The number of halogens is 2. The van der Waals surface area contributed by atoms with E-state index in [2.05, 4.69) is 34.2 Å². The first-order chi connectivity index (χ1) is 17.4. The van der Waals surface area contributed by atoms with Gasteiger partial charge in [0, 0.05) is 29.6 Å². The lowest BCUT2D eigenvalue weighted by atomic mass is 9.95. The molecule has 2 aliphatic carbocycles. The SMILES string of the molecule is CCSc1cc(-c2ccc(C3(C#N)CC3)cc2)cnc1-c1nc2cc(C(F)(F)C3CC3)nnc2n1C. The molecule has 2 aliphatic rings. The van der Waals surface area contributed by atoms with Crippen LogP contribution in [0.1, 0.15) is 43.9 Å². The van der Waals surface area contributed by atoms with Gasteiger partial charge in [-0.2, -0.15) is 14.0 Å². The Kier molecular flexibility index (Phi) is 5.34. The summed E-state index contributed by atoms with van der Waals surface area (Å²) in [6.45, 7) is 2.07. The van der Waals surface area contributed by atoms with Gasteiger partial charge in [0.15, 0.2) is 11.5 Å². The van der Waals surface area contributed by atoms with E-state index in [9.17, 15) is 14.0 Å². The molecule has 1 aromatic carbocycles. The number of rotatable bonds is 7. The minimum atomic E-state index is -2.98. The number of nitrogens with zero attached hydrogens (tertiary/aromatic N) is 6. The van der Waals surface area contributed by atoms with Crippen LogP contribution in [0.15, 0.2) is 47.5 Å². The van der Waals surface area contributed by atoms with E-state index in [1.54, 1.807) is 29.6 Å². The van der Waals surface area contributed by atoms with E-state index in [0.717, 1.165) is 40.2 Å². The number of imidazole rings is 1. The number of aromatic nitrogens is 5. The van der Waals surface area contributed by atoms with Gasteiger partial charge in [-0.05, 0) is 54.7 Å². The Bertz CT molecular complexity index is 1510. The molecule has 182 valence electrons. The summed E-state index contributed by atoms with van der Waals surface area (Å²) in [7, 11) is 1.80. The average molecular weight is 503 g/mol. The van der Waals surface area contributed by atoms with E-state index >= 15 is 0 Å². The number of benzene rings is 1. The van der Waals surface area contributed by atoms with E-state index in [1.165, 1.54) is 6.07 Å². The smallest absolute Gasteiger partial charge is 0.294 e. The maximum absolute atomic E-state index is 14.6. The van der Waals surface area contributed by atoms with Crippen LogP contribution in [0.5, 0.6) is 0 Å². The minimum Gasteiger partial charge on any atom is -0.309 e. The third-order valence-electron chi connectivity index (χ3n) is 7.15. The van der Waals surface area contributed by atoms with Crippen molar-refractivity contribution < 1.29 is 8.78 Å². The first-order valence-electron chi connectivity index (χ1n) is 12.1. The zero-order valence-electron chi connectivity index (χ0n) is 20.0. The summed E-state index contributed by atoms with van der Waals surface area (Å²) in [6, 6.07) is 14.0. The molecule has 0 radical (unpaired) electrons. The van der Waals surface area contributed by atoms with Crippen molar-refractivity contribution in [1.29, 1.82) is 5.26 Å². The maximum Gasteiger partial charge on any atom is 0.294 e. The lowest BCUT2D eigenvalue weighted by Gasteiger charge is -2.13. The van der Waals surface area contributed by atoms with Crippen molar-refractivity contribution in [2.24, 2.45) is 13.0 Å². The zero-order chi connectivity index (χ0) is 25.1. The molecule has 0 atom stereocenters. The second-order valence-corrected chi connectivity index (χ2v) is 10.9. The van der Waals surface area contributed by atoms with Crippen LogP contribution in [0.25, 0.3) is 33.8 Å². The molecule has 3 heterocycles. The highest BCUT2D eigenvalue weighted by Gasteiger charge is 2.49. The molecule has 3 aromatic heterocycles. The number of hydrogen-bond donors (Lipinski definition) is 0. The minimum absolute atomic E-state index is 0.310. The van der Waals surface area contributed by atoms with E-state index < -0.39 is 11.8 Å². The summed E-state index contributed by atoms with van der Waals surface area (Å²) < 4.78 is 31.0. The Morgan fingerprint density at radius 1 is 1.14 bits per heavy atom. The van der Waals surface area contributed by atoms with Gasteiger partial charge in [-0.1, -0.05) is 31.2 Å². The summed E-state index contributed by atoms with van der Waals surface area (Å²) in [6.07, 6.45) is 4.65. The molecule has 0 unspecified atom stereocenters. The number of nitriles is 1. The van der Waals surface area contributed by atoms with Crippen LogP contribution >= 0.6 is 11.8 Å². The normalized spacial score (nSPS) is 16.8. The predicted octanol–water partition coefficient (Wildman–Crippen LogP) is 6.26. The number of hydrogen-bond acceptors (Lipinski definition) is 6. The maximum atomic E-state index is 14.6. The number of pyridine rings is 1. The van der Waals surface area contributed by atoms with Gasteiger partial charge in [0.05, 0.1) is 11.5 Å². The molecule has 2 fully saturated rings. The second-order valence-electron chi connectivity index (χ2n) is 9.61. The molecule has 6 nitrogen and oxygen atoms in total. The molecule has 0 N–H and O–H groups in total. The Morgan fingerprint density at radius 3 is 2.53 bits per heavy atom. The van der Waals surface area contributed by atoms with Gasteiger partial charge in [-0.3, -0.25) is 4.98 Å². The summed E-state index contributed by atoms with van der Waals surface area (Å²) in [5, 5.41) is 17.4. The third kappa shape index (κ3) is 3.75. The van der Waals surface area contributed by atoms with E-state index in [-0.39, 0.29) is 11.1 Å². The summed E-state index contributed by atoms with van der Waals surface area (Å²) >= 11 is 1.65. The number of fused-ring (bicyclic) bond motifs is 1. The molecular formula is C27H24F2N6S. The predicted molar refractivity (Wildman–Crippen MR) is 135 cm³/mol. The molecule has 4 aromatic rings. The molecule has 36 heavy (non-hydrogen) atoms. The van der Waals surface area contributed by atoms with Crippen molar-refractivity contribution in [3.63, 3.8) is 0 Å². The highest BCUT2D eigenvalue weighted by atomic mass is 32.2. The van der Waals surface area contributed by atoms with Gasteiger partial charge in [0.2, 0.25) is 0 Å². The first-order valence-corrected chi connectivity index (χ1v) is 13.1. The molecular weight excluding hydrogens is 478 g/mol. The number of aryl methyl sites for hydroxylation is 1. The van der Waals surface area contributed by atoms with Crippen LogP contribution in [0.3, 0.4) is 0 Å². The lowest BCUT2D eigenvalue weighted by molar-refractivity contribution is -0.0334. The fourth-order valence-corrected chi connectivity index (χ4v) is 5.43. The Balaban J connectivity index is 1.37. The van der Waals surface area contributed by atoms with Crippen molar-refractivity contribution in [3.8, 4) is 28.7 Å². The van der Waals surface area contributed by atoms with Crippen LogP contribution in [-0.2, 0) is 18.4 Å². The topological polar surface area (TPSA) is 80.3 Å². The first kappa shape index (κ1) is 23.0. The molecule has 0 aliphatic heterocycles. The van der Waals surface area contributed by atoms with Gasteiger partial charge in [-0.25, -0.2) is 4.98 Å². The summed E-state index contributed by atoms with van der Waals surface area (Å²) in [4.78, 5) is 10.4. The van der Waals surface area contributed by atoms with Gasteiger partial charge in [0.25, 0.3) is 5.92 Å². The molecule has 0 amide bonds. The molecule has 0 bridgehead atoms. The van der Waals surface area contributed by atoms with Crippen molar-refractivity contribution in [3.05, 3.63) is 53.9 Å². The van der Waals surface area contributed by atoms with E-state index in [0.29, 0.717) is 35.5 Å². The quantitative estimate of drug-likeness (QED) is 0.278. The fraction of sp³-hybridized carbons (Fsp3) is 0.370. The van der Waals surface area contributed by atoms with Crippen LogP contribution < -0.4 is 0 Å². The lowest BCUT2D eigenvalue weighted by Crippen LogP contribution is -2.18. The van der Waals surface area contributed by atoms with Gasteiger partial charge < -0.3 is 4.57 Å². The summed E-state index contributed by atoms with van der Waals surface area (Å²) in [5.41, 5.74) is 3.93. The second kappa shape index (κ2) is 8.34. The Morgan fingerprint density at radius 2 is 1.89 bits per heavy atom. The van der Waals surface area contributed by atoms with Crippen molar-refractivity contribution in [2.75, 3.05) is 5.75 Å². The Hall–Kier alpha value is -3.38. The van der Waals surface area contributed by atoms with Crippen molar-refractivity contribution in [2.45, 2.75) is 48.8 Å². The van der Waals surface area contributed by atoms with Crippen LogP contribution in [-0.4, -0.2) is 30.5 Å². The number of alkyl halides is 2. The largest absolute Gasteiger partial charge is 0.309 e. The van der Waals surface area contributed by atoms with Crippen molar-refractivity contribution >= 4 is 22.9 Å². The van der Waals surface area contributed by atoms with Gasteiger partial charge >= 0.3 is 0 Å². The monoisotopic (exact) mass is 502 g/mol. The average Bonchev–Trinajstić information content (AvgIpc) is 3.82. The fourth-order valence-electron chi connectivity index (χ4n) is 4.62. The Labute approximate surface area is 211 Å². The van der Waals surface area contributed by atoms with Crippen molar-refractivity contribution in [1.82, 2.24) is 24.7 Å². The van der Waals surface area contributed by atoms with Gasteiger partial charge in [-0.15, -0.1) is 22.0 Å².